The minimum Gasteiger partial charge on any atom is -0.459 e. The van der Waals surface area contributed by atoms with Gasteiger partial charge in [-0.2, -0.15) is 8.78 Å². The van der Waals surface area contributed by atoms with Gasteiger partial charge in [0, 0.05) is 14.0 Å². The smallest absolute Gasteiger partial charge is 0.377 e. The molecule has 8 heteroatoms. The number of carbonyl (C=O) groups excluding carboxylic acids is 2. The van der Waals surface area contributed by atoms with Gasteiger partial charge in [-0.3, -0.25) is 0 Å². The van der Waals surface area contributed by atoms with E-state index in [1.54, 1.807) is 7.11 Å². The van der Waals surface area contributed by atoms with Gasteiger partial charge in [-0.1, -0.05) is 0 Å². The van der Waals surface area contributed by atoms with Crippen LogP contribution in [0.1, 0.15) is 46.0 Å². The molecule has 0 amide bonds. The molecule has 6 nitrogen and oxygen atoms in total. The Balaban J connectivity index is 1.54. The van der Waals surface area contributed by atoms with E-state index in [0.717, 1.165) is 32.1 Å². The zero-order valence-corrected chi connectivity index (χ0v) is 16.0. The van der Waals surface area contributed by atoms with E-state index in [-0.39, 0.29) is 29.6 Å². The Kier molecular flexibility index (Phi) is 5.77. The molecule has 4 fully saturated rings. The molecule has 4 aliphatic carbocycles. The summed E-state index contributed by atoms with van der Waals surface area (Å²) in [5.41, 5.74) is 0.100. The van der Waals surface area contributed by atoms with Gasteiger partial charge in [-0.25, -0.2) is 9.59 Å². The third-order valence-corrected chi connectivity index (χ3v) is 6.22. The fourth-order valence-electron chi connectivity index (χ4n) is 5.31. The highest BCUT2D eigenvalue weighted by atomic mass is 19.3. The lowest BCUT2D eigenvalue weighted by molar-refractivity contribution is -0.207. The van der Waals surface area contributed by atoms with Crippen LogP contribution in [0.2, 0.25) is 0 Å². The molecule has 0 spiro atoms. The van der Waals surface area contributed by atoms with Crippen LogP contribution in [0.15, 0.2) is 0 Å². The second-order valence-electron chi connectivity index (χ2n) is 8.50. The Bertz CT molecular complexity index is 559. The molecule has 3 atom stereocenters. The summed E-state index contributed by atoms with van der Waals surface area (Å²) in [6, 6.07) is 0. The zero-order chi connectivity index (χ0) is 19.8. The molecule has 4 aliphatic rings. The summed E-state index contributed by atoms with van der Waals surface area (Å²) in [5.74, 6) is -5.00. The summed E-state index contributed by atoms with van der Waals surface area (Å²) in [6.45, 7) is 2.16. The molecule has 4 bridgehead atoms. The maximum atomic E-state index is 12.8. The van der Waals surface area contributed by atoms with Gasteiger partial charge in [-0.15, -0.1) is 0 Å². The molecule has 154 valence electrons. The summed E-state index contributed by atoms with van der Waals surface area (Å²) < 4.78 is 46.5. The molecular weight excluding hydrogens is 362 g/mol. The van der Waals surface area contributed by atoms with E-state index < -0.39 is 24.5 Å². The summed E-state index contributed by atoms with van der Waals surface area (Å²) in [6.07, 6.45) is 4.48. The summed E-state index contributed by atoms with van der Waals surface area (Å²) in [5, 5.41) is 0. The second kappa shape index (κ2) is 7.62. The average molecular weight is 390 g/mol. The molecular formula is C19H28F2O6. The number of rotatable bonds is 8. The van der Waals surface area contributed by atoms with E-state index in [9.17, 15) is 18.4 Å². The van der Waals surface area contributed by atoms with Crippen LogP contribution in [-0.2, 0) is 28.5 Å². The number of alkyl halides is 2. The number of hydrogen-bond acceptors (Lipinski definition) is 6. The van der Waals surface area contributed by atoms with Crippen molar-refractivity contribution in [2.45, 2.75) is 64.3 Å². The van der Waals surface area contributed by atoms with Crippen molar-refractivity contribution in [3.63, 3.8) is 0 Å². The molecule has 0 aromatic rings. The van der Waals surface area contributed by atoms with E-state index in [2.05, 4.69) is 4.74 Å². The van der Waals surface area contributed by atoms with E-state index in [4.69, 9.17) is 14.2 Å². The van der Waals surface area contributed by atoms with Gasteiger partial charge in [-0.05, 0) is 62.2 Å². The third-order valence-electron chi connectivity index (χ3n) is 6.22. The van der Waals surface area contributed by atoms with Crippen LogP contribution < -0.4 is 0 Å². The third kappa shape index (κ3) is 4.59. The standard InChI is InChI=1S/C19H28F2O6/c1-11(24-3)26-10-19-6-12-4-13(7-19)16(14(5-12)8-19)27-15(22)9-25-17(23)18(2,20)21/h11-14,16H,4-10H2,1-3H3. The molecule has 0 heterocycles. The summed E-state index contributed by atoms with van der Waals surface area (Å²) >= 11 is 0. The van der Waals surface area contributed by atoms with Gasteiger partial charge in [0.1, 0.15) is 6.10 Å². The van der Waals surface area contributed by atoms with Gasteiger partial charge in [0.25, 0.3) is 0 Å². The fourth-order valence-corrected chi connectivity index (χ4v) is 5.31. The van der Waals surface area contributed by atoms with Crippen LogP contribution in [-0.4, -0.2) is 50.6 Å². The SMILES string of the molecule is COC(C)OCC12CC3CC(C1)C(OC(=O)COC(=O)C(C)(F)F)C(C3)C2. The van der Waals surface area contributed by atoms with Crippen molar-refractivity contribution < 1.29 is 37.3 Å². The molecule has 0 aliphatic heterocycles. The van der Waals surface area contributed by atoms with Gasteiger partial charge >= 0.3 is 17.9 Å². The molecule has 0 radical (unpaired) electrons. The first-order valence-electron chi connectivity index (χ1n) is 9.51. The lowest BCUT2D eigenvalue weighted by Crippen LogP contribution is -2.56. The fraction of sp³-hybridized carbons (Fsp3) is 0.895. The van der Waals surface area contributed by atoms with Crippen LogP contribution in [0.3, 0.4) is 0 Å². The van der Waals surface area contributed by atoms with Gasteiger partial charge in [0.05, 0.1) is 6.61 Å². The van der Waals surface area contributed by atoms with E-state index in [1.807, 2.05) is 6.92 Å². The van der Waals surface area contributed by atoms with Gasteiger partial charge < -0.3 is 18.9 Å². The van der Waals surface area contributed by atoms with Crippen molar-refractivity contribution >= 4 is 11.9 Å². The second-order valence-corrected chi connectivity index (χ2v) is 8.50. The van der Waals surface area contributed by atoms with Crippen LogP contribution in [0.25, 0.3) is 0 Å². The van der Waals surface area contributed by atoms with E-state index in [1.165, 1.54) is 0 Å². The first kappa shape index (κ1) is 20.5. The predicted octanol–water partition coefficient (Wildman–Crippen LogP) is 2.93. The van der Waals surface area contributed by atoms with Crippen molar-refractivity contribution in [1.29, 1.82) is 0 Å². The molecule has 4 rings (SSSR count). The lowest BCUT2D eigenvalue weighted by Gasteiger charge is -2.59. The van der Waals surface area contributed by atoms with Crippen LogP contribution in [0.5, 0.6) is 0 Å². The predicted molar refractivity (Wildman–Crippen MR) is 89.9 cm³/mol. The molecule has 0 N–H and O–H groups in total. The number of hydrogen-bond donors (Lipinski definition) is 0. The molecule has 0 aromatic heterocycles. The van der Waals surface area contributed by atoms with Crippen molar-refractivity contribution in [3.8, 4) is 0 Å². The van der Waals surface area contributed by atoms with Gasteiger partial charge in [0.15, 0.2) is 12.9 Å². The summed E-state index contributed by atoms with van der Waals surface area (Å²) in [4.78, 5) is 23.1. The van der Waals surface area contributed by atoms with Gasteiger partial charge in [0.2, 0.25) is 0 Å². The van der Waals surface area contributed by atoms with Crippen molar-refractivity contribution in [2.24, 2.45) is 23.2 Å². The zero-order valence-electron chi connectivity index (χ0n) is 16.0. The Morgan fingerprint density at radius 3 is 2.37 bits per heavy atom. The number of esters is 2. The normalized spacial score (nSPS) is 35.7. The number of methoxy groups -OCH3 is 1. The van der Waals surface area contributed by atoms with Crippen molar-refractivity contribution in [3.05, 3.63) is 0 Å². The molecule has 0 saturated heterocycles. The quantitative estimate of drug-likeness (QED) is 0.469. The monoisotopic (exact) mass is 390 g/mol. The summed E-state index contributed by atoms with van der Waals surface area (Å²) in [7, 11) is 1.61. The van der Waals surface area contributed by atoms with E-state index >= 15 is 0 Å². The minimum absolute atomic E-state index is 0.100. The van der Waals surface area contributed by atoms with Crippen LogP contribution in [0.4, 0.5) is 8.78 Å². The molecule has 4 saturated carbocycles. The minimum atomic E-state index is -3.62. The lowest BCUT2D eigenvalue weighted by atomic mass is 9.49. The number of ether oxygens (including phenoxy) is 4. The molecule has 27 heavy (non-hydrogen) atoms. The maximum Gasteiger partial charge on any atom is 0.377 e. The van der Waals surface area contributed by atoms with Crippen molar-refractivity contribution in [2.75, 3.05) is 20.3 Å². The Morgan fingerprint density at radius 2 is 1.81 bits per heavy atom. The Labute approximate surface area is 157 Å². The topological polar surface area (TPSA) is 71.1 Å². The van der Waals surface area contributed by atoms with Crippen LogP contribution in [0, 0.1) is 23.2 Å². The molecule has 3 unspecified atom stereocenters. The highest BCUT2D eigenvalue weighted by Crippen LogP contribution is 2.60. The largest absolute Gasteiger partial charge is 0.459 e. The highest BCUT2D eigenvalue weighted by molar-refractivity contribution is 5.80. The number of carbonyl (C=O) groups is 2. The van der Waals surface area contributed by atoms with E-state index in [0.29, 0.717) is 19.4 Å². The van der Waals surface area contributed by atoms with Crippen molar-refractivity contribution in [1.82, 2.24) is 0 Å². The number of halogens is 2. The highest BCUT2D eigenvalue weighted by Gasteiger charge is 2.56. The molecule has 0 aromatic carbocycles. The average Bonchev–Trinajstić information content (AvgIpc) is 2.59. The van der Waals surface area contributed by atoms with Crippen LogP contribution >= 0.6 is 0 Å². The Hall–Kier alpha value is -1.28. The Morgan fingerprint density at radius 1 is 1.19 bits per heavy atom. The maximum absolute atomic E-state index is 12.8. The first-order valence-corrected chi connectivity index (χ1v) is 9.51. The first-order chi connectivity index (χ1) is 12.6.